The molecule has 0 fully saturated rings. The Morgan fingerprint density at radius 1 is 1.04 bits per heavy atom. The predicted octanol–water partition coefficient (Wildman–Crippen LogP) is 5.23. The van der Waals surface area contributed by atoms with Gasteiger partial charge < -0.3 is 5.11 Å². The van der Waals surface area contributed by atoms with Crippen molar-refractivity contribution in [3.63, 3.8) is 0 Å². The fraction of sp³-hybridized carbons (Fsp3) is 0.0476. The van der Waals surface area contributed by atoms with E-state index in [2.05, 4.69) is 4.98 Å². The van der Waals surface area contributed by atoms with Crippen LogP contribution in [0, 0.1) is 5.82 Å². The molecule has 128 valence electrons. The number of phenols is 1. The van der Waals surface area contributed by atoms with Crippen LogP contribution in [-0.4, -0.2) is 15.9 Å². The second kappa shape index (κ2) is 6.69. The molecule has 0 unspecified atom stereocenters. The normalized spacial score (nSPS) is 11.0. The predicted molar refractivity (Wildman–Crippen MR) is 101 cm³/mol. The Morgan fingerprint density at radius 2 is 1.81 bits per heavy atom. The standard InChI is InChI=1S/C21H14FNO2S/c22-16-6-2-1-5-14(16)18(24)11-13-9-10-15(19(25)12-13)21-23-17-7-3-4-8-20(17)26-21/h1-10,12,25H,11H2. The molecule has 1 heterocycles. The van der Waals surface area contributed by atoms with Crippen LogP contribution in [0.4, 0.5) is 4.39 Å². The van der Waals surface area contributed by atoms with Crippen LogP contribution in [0.25, 0.3) is 20.8 Å². The van der Waals surface area contributed by atoms with E-state index < -0.39 is 5.82 Å². The van der Waals surface area contributed by atoms with Crippen LogP contribution in [0.2, 0.25) is 0 Å². The van der Waals surface area contributed by atoms with Crippen molar-refractivity contribution in [1.82, 2.24) is 4.98 Å². The summed E-state index contributed by atoms with van der Waals surface area (Å²) in [5.41, 5.74) is 2.18. The zero-order valence-electron chi connectivity index (χ0n) is 13.6. The molecule has 0 saturated heterocycles. The van der Waals surface area contributed by atoms with Crippen molar-refractivity contribution in [2.45, 2.75) is 6.42 Å². The van der Waals surface area contributed by atoms with Gasteiger partial charge in [0.1, 0.15) is 16.6 Å². The average molecular weight is 363 g/mol. The van der Waals surface area contributed by atoms with Crippen LogP contribution >= 0.6 is 11.3 Å². The monoisotopic (exact) mass is 363 g/mol. The first-order valence-electron chi connectivity index (χ1n) is 8.07. The Morgan fingerprint density at radius 3 is 2.58 bits per heavy atom. The zero-order valence-corrected chi connectivity index (χ0v) is 14.5. The number of halogens is 1. The molecule has 0 aliphatic rings. The van der Waals surface area contributed by atoms with Crippen molar-refractivity contribution in [2.75, 3.05) is 0 Å². The van der Waals surface area contributed by atoms with E-state index in [1.165, 1.54) is 23.5 Å². The number of hydrogen-bond donors (Lipinski definition) is 1. The van der Waals surface area contributed by atoms with Crippen LogP contribution in [0.1, 0.15) is 15.9 Å². The number of fused-ring (bicyclic) bond motifs is 1. The highest BCUT2D eigenvalue weighted by Gasteiger charge is 2.14. The van der Waals surface area contributed by atoms with Gasteiger partial charge in [-0.25, -0.2) is 9.37 Å². The number of para-hydroxylation sites is 1. The lowest BCUT2D eigenvalue weighted by Gasteiger charge is -2.06. The van der Waals surface area contributed by atoms with E-state index >= 15 is 0 Å². The fourth-order valence-corrected chi connectivity index (χ4v) is 3.82. The highest BCUT2D eigenvalue weighted by atomic mass is 32.1. The Bertz CT molecular complexity index is 1090. The highest BCUT2D eigenvalue weighted by molar-refractivity contribution is 7.21. The molecular weight excluding hydrogens is 349 g/mol. The summed E-state index contributed by atoms with van der Waals surface area (Å²) in [4.78, 5) is 16.8. The minimum atomic E-state index is -0.534. The van der Waals surface area contributed by atoms with Gasteiger partial charge >= 0.3 is 0 Å². The molecule has 0 atom stereocenters. The third-order valence-electron chi connectivity index (χ3n) is 4.13. The first kappa shape index (κ1) is 16.4. The number of carbonyl (C=O) groups excluding carboxylic acids is 1. The summed E-state index contributed by atoms with van der Waals surface area (Å²) in [6.45, 7) is 0. The van der Waals surface area contributed by atoms with Crippen LogP contribution in [0.15, 0.2) is 66.7 Å². The molecule has 26 heavy (non-hydrogen) atoms. The lowest BCUT2D eigenvalue weighted by atomic mass is 10.0. The molecule has 5 heteroatoms. The van der Waals surface area contributed by atoms with E-state index in [1.54, 1.807) is 30.3 Å². The molecule has 3 aromatic carbocycles. The van der Waals surface area contributed by atoms with Gasteiger partial charge in [0, 0.05) is 6.42 Å². The van der Waals surface area contributed by atoms with Gasteiger partial charge in [-0.05, 0) is 42.0 Å². The van der Waals surface area contributed by atoms with Gasteiger partial charge in [0.25, 0.3) is 0 Å². The topological polar surface area (TPSA) is 50.2 Å². The number of aromatic hydroxyl groups is 1. The molecule has 4 aromatic rings. The first-order chi connectivity index (χ1) is 12.6. The maximum Gasteiger partial charge on any atom is 0.170 e. The quantitative estimate of drug-likeness (QED) is 0.505. The van der Waals surface area contributed by atoms with Gasteiger partial charge in [-0.3, -0.25) is 4.79 Å². The minimum absolute atomic E-state index is 0.0224. The molecule has 0 radical (unpaired) electrons. The molecule has 0 saturated carbocycles. The van der Waals surface area contributed by atoms with Crippen LogP contribution in [0.3, 0.4) is 0 Å². The highest BCUT2D eigenvalue weighted by Crippen LogP contribution is 2.35. The van der Waals surface area contributed by atoms with Gasteiger partial charge in [0.05, 0.1) is 21.3 Å². The molecule has 0 bridgehead atoms. The Kier molecular flexibility index (Phi) is 4.22. The van der Waals surface area contributed by atoms with E-state index in [4.69, 9.17) is 0 Å². The van der Waals surface area contributed by atoms with Gasteiger partial charge in [0.2, 0.25) is 0 Å². The van der Waals surface area contributed by atoms with Crippen molar-refractivity contribution in [3.05, 3.63) is 83.7 Å². The van der Waals surface area contributed by atoms with E-state index in [0.717, 1.165) is 15.2 Å². The smallest absolute Gasteiger partial charge is 0.170 e. The van der Waals surface area contributed by atoms with Crippen molar-refractivity contribution < 1.29 is 14.3 Å². The molecule has 1 N–H and O–H groups in total. The first-order valence-corrected chi connectivity index (χ1v) is 8.89. The van der Waals surface area contributed by atoms with Crippen LogP contribution in [0.5, 0.6) is 5.75 Å². The second-order valence-electron chi connectivity index (χ2n) is 5.92. The Labute approximate surface area is 153 Å². The molecule has 4 rings (SSSR count). The van der Waals surface area contributed by atoms with E-state index in [-0.39, 0.29) is 23.5 Å². The third-order valence-corrected chi connectivity index (χ3v) is 5.20. The molecule has 0 aliphatic carbocycles. The number of hydrogen-bond acceptors (Lipinski definition) is 4. The summed E-state index contributed by atoms with van der Waals surface area (Å²) in [5.74, 6) is -0.800. The van der Waals surface area contributed by atoms with Crippen LogP contribution < -0.4 is 0 Å². The van der Waals surface area contributed by atoms with E-state index in [0.29, 0.717) is 11.1 Å². The van der Waals surface area contributed by atoms with Gasteiger partial charge in [-0.15, -0.1) is 11.3 Å². The maximum absolute atomic E-state index is 13.7. The molecule has 1 aromatic heterocycles. The van der Waals surface area contributed by atoms with Gasteiger partial charge in [-0.1, -0.05) is 30.3 Å². The van der Waals surface area contributed by atoms with Crippen molar-refractivity contribution in [1.29, 1.82) is 0 Å². The third kappa shape index (κ3) is 3.09. The van der Waals surface area contributed by atoms with Crippen molar-refractivity contribution in [3.8, 4) is 16.3 Å². The van der Waals surface area contributed by atoms with Crippen LogP contribution in [-0.2, 0) is 6.42 Å². The Hall–Kier alpha value is -3.05. The lowest BCUT2D eigenvalue weighted by molar-refractivity contribution is 0.0989. The molecular formula is C21H14FNO2S. The number of aromatic nitrogens is 1. The summed E-state index contributed by atoms with van der Waals surface area (Å²) < 4.78 is 14.8. The summed E-state index contributed by atoms with van der Waals surface area (Å²) in [6, 6.07) is 18.7. The molecule has 3 nitrogen and oxygen atoms in total. The number of benzene rings is 3. The maximum atomic E-state index is 13.7. The number of rotatable bonds is 4. The number of Topliss-reactive ketones (excluding diaryl/α,β-unsaturated/α-hetero) is 1. The number of ketones is 1. The number of nitrogens with zero attached hydrogens (tertiary/aromatic N) is 1. The summed E-state index contributed by atoms with van der Waals surface area (Å²) in [5, 5.41) is 11.1. The van der Waals surface area contributed by atoms with Gasteiger partial charge in [0.15, 0.2) is 5.78 Å². The lowest BCUT2D eigenvalue weighted by Crippen LogP contribution is -2.06. The van der Waals surface area contributed by atoms with E-state index in [9.17, 15) is 14.3 Å². The number of thiazole rings is 1. The Balaban J connectivity index is 1.62. The molecule has 0 amide bonds. The van der Waals surface area contributed by atoms with Crippen molar-refractivity contribution >= 4 is 27.3 Å². The second-order valence-corrected chi connectivity index (χ2v) is 6.95. The number of phenolic OH excluding ortho intramolecular Hbond substituents is 1. The average Bonchev–Trinajstić information content (AvgIpc) is 3.06. The largest absolute Gasteiger partial charge is 0.507 e. The molecule has 0 spiro atoms. The molecule has 0 aliphatic heterocycles. The summed E-state index contributed by atoms with van der Waals surface area (Å²) >= 11 is 1.50. The number of carbonyl (C=O) groups is 1. The summed E-state index contributed by atoms with van der Waals surface area (Å²) in [6.07, 6.45) is 0.0224. The zero-order chi connectivity index (χ0) is 18.1. The van der Waals surface area contributed by atoms with E-state index in [1.807, 2.05) is 24.3 Å². The summed E-state index contributed by atoms with van der Waals surface area (Å²) in [7, 11) is 0. The minimum Gasteiger partial charge on any atom is -0.507 e. The SMILES string of the molecule is O=C(Cc1ccc(-c2nc3ccccc3s2)c(O)c1)c1ccccc1F. The van der Waals surface area contributed by atoms with Crippen molar-refractivity contribution in [2.24, 2.45) is 0 Å². The fourth-order valence-electron chi connectivity index (χ4n) is 2.82. The van der Waals surface area contributed by atoms with Gasteiger partial charge in [-0.2, -0.15) is 0 Å².